The first-order chi connectivity index (χ1) is 11.2. The summed E-state index contributed by atoms with van der Waals surface area (Å²) >= 11 is 3.20. The second-order valence-corrected chi connectivity index (χ2v) is 8.36. The number of carbonyl (C=O) groups excluding carboxylic acids is 1. The average Bonchev–Trinajstić information content (AvgIpc) is 3.28. The molecule has 0 aliphatic carbocycles. The van der Waals surface area contributed by atoms with Crippen LogP contribution in [0.2, 0.25) is 0 Å². The highest BCUT2D eigenvalue weighted by Crippen LogP contribution is 2.45. The van der Waals surface area contributed by atoms with Crippen LogP contribution in [0.1, 0.15) is 12.8 Å². The van der Waals surface area contributed by atoms with E-state index in [0.717, 1.165) is 48.0 Å². The summed E-state index contributed by atoms with van der Waals surface area (Å²) in [6.45, 7) is 3.88. The maximum absolute atomic E-state index is 12.5. The number of piperidine rings is 3. The minimum absolute atomic E-state index is 0.189. The van der Waals surface area contributed by atoms with Crippen molar-refractivity contribution in [1.82, 2.24) is 9.88 Å². The van der Waals surface area contributed by atoms with Gasteiger partial charge in [0.25, 0.3) is 0 Å². The lowest BCUT2D eigenvalue weighted by atomic mass is 9.75. The number of thiophene rings is 1. The van der Waals surface area contributed by atoms with E-state index in [1.165, 1.54) is 0 Å². The Kier molecular flexibility index (Phi) is 3.05. The smallest absolute Gasteiger partial charge is 0.415 e. The number of amides is 1. The highest BCUT2D eigenvalue weighted by molar-refractivity contribution is 7.19. The molecule has 0 unspecified atom stereocenters. The molecule has 4 aliphatic rings. The Bertz CT molecular complexity index is 736. The Hall–Kier alpha value is -1.44. The van der Waals surface area contributed by atoms with Gasteiger partial charge in [0.15, 0.2) is 0 Å². The molecule has 7 heteroatoms. The first-order valence-electron chi connectivity index (χ1n) is 7.95. The molecule has 0 saturated carbocycles. The number of nitrogens with zero attached hydrogens (tertiary/aromatic N) is 3. The zero-order valence-electron chi connectivity index (χ0n) is 12.6. The summed E-state index contributed by atoms with van der Waals surface area (Å²) in [6.07, 6.45) is 2.11. The molecule has 5 nitrogen and oxygen atoms in total. The predicted octanol–water partition coefficient (Wildman–Crippen LogP) is 3.29. The summed E-state index contributed by atoms with van der Waals surface area (Å²) in [4.78, 5) is 22.2. The molecule has 120 valence electrons. The van der Waals surface area contributed by atoms with Crippen molar-refractivity contribution in [1.29, 1.82) is 0 Å². The van der Waals surface area contributed by atoms with Gasteiger partial charge in [-0.3, -0.25) is 9.80 Å². The third-order valence-electron chi connectivity index (χ3n) is 5.30. The number of aromatic nitrogens is 1. The minimum Gasteiger partial charge on any atom is -0.439 e. The Morgan fingerprint density at radius 3 is 2.83 bits per heavy atom. The molecule has 2 bridgehead atoms. The number of thiazole rings is 1. The van der Waals surface area contributed by atoms with Crippen molar-refractivity contribution in [2.24, 2.45) is 5.92 Å². The number of rotatable bonds is 2. The normalized spacial score (nSPS) is 32.7. The number of hydrogen-bond acceptors (Lipinski definition) is 6. The first-order valence-corrected chi connectivity index (χ1v) is 9.71. The average molecular weight is 347 g/mol. The van der Waals surface area contributed by atoms with Crippen molar-refractivity contribution in [3.8, 4) is 10.6 Å². The topological polar surface area (TPSA) is 45.7 Å². The quantitative estimate of drug-likeness (QED) is 0.836. The minimum atomic E-state index is -0.293. The molecule has 1 atom stereocenters. The molecule has 1 amide bonds. The summed E-state index contributed by atoms with van der Waals surface area (Å²) in [5.41, 5.74) is 2.52. The second-order valence-electron chi connectivity index (χ2n) is 6.58. The molecule has 6 rings (SSSR count). The number of fused-ring (bicyclic) bond motifs is 2. The summed E-state index contributed by atoms with van der Waals surface area (Å²) in [5.74, 6) is 0.513. The van der Waals surface area contributed by atoms with Gasteiger partial charge < -0.3 is 4.74 Å². The molecular formula is C16H17N3O2S2. The van der Waals surface area contributed by atoms with Gasteiger partial charge in [-0.05, 0) is 38.1 Å². The van der Waals surface area contributed by atoms with Gasteiger partial charge in [-0.1, -0.05) is 0 Å². The first kappa shape index (κ1) is 13.9. The third kappa shape index (κ3) is 2.14. The Morgan fingerprint density at radius 1 is 1.26 bits per heavy atom. The summed E-state index contributed by atoms with van der Waals surface area (Å²) in [7, 11) is 0. The van der Waals surface area contributed by atoms with E-state index in [-0.39, 0.29) is 11.7 Å². The molecule has 4 fully saturated rings. The predicted molar refractivity (Wildman–Crippen MR) is 91.1 cm³/mol. The van der Waals surface area contributed by atoms with Crippen LogP contribution in [0.15, 0.2) is 23.0 Å². The van der Waals surface area contributed by atoms with E-state index in [2.05, 4.69) is 9.88 Å². The van der Waals surface area contributed by atoms with Gasteiger partial charge in [-0.2, -0.15) is 0 Å². The standard InChI is InChI=1S/C16H17N3O2S2/c20-15-19(14-2-1-13(23-14)12-7-22-10-17-12)9-16(21-15)8-18-5-3-11(16)4-6-18/h1-2,7,10-11H,3-6,8-9H2/t16-/m0/s1. The van der Waals surface area contributed by atoms with Gasteiger partial charge in [-0.25, -0.2) is 9.78 Å². The molecule has 0 radical (unpaired) electrons. The van der Waals surface area contributed by atoms with Crippen molar-refractivity contribution in [2.75, 3.05) is 31.1 Å². The lowest BCUT2D eigenvalue weighted by Gasteiger charge is -2.49. The van der Waals surface area contributed by atoms with Crippen molar-refractivity contribution in [3.63, 3.8) is 0 Å². The van der Waals surface area contributed by atoms with Gasteiger partial charge in [0.1, 0.15) is 10.6 Å². The fourth-order valence-corrected chi connectivity index (χ4v) is 5.72. The largest absolute Gasteiger partial charge is 0.439 e. The number of anilines is 1. The summed E-state index contributed by atoms with van der Waals surface area (Å²) < 4.78 is 5.93. The second kappa shape index (κ2) is 5.03. The molecule has 23 heavy (non-hydrogen) atoms. The number of ether oxygens (including phenoxy) is 1. The van der Waals surface area contributed by atoms with E-state index in [1.54, 1.807) is 22.7 Å². The molecule has 0 aromatic carbocycles. The van der Waals surface area contributed by atoms with E-state index >= 15 is 0 Å². The molecule has 4 saturated heterocycles. The third-order valence-corrected chi connectivity index (χ3v) is 7.02. The molecular weight excluding hydrogens is 330 g/mol. The maximum atomic E-state index is 12.5. The van der Waals surface area contributed by atoms with E-state index in [4.69, 9.17) is 4.74 Å². The molecule has 2 aromatic rings. The van der Waals surface area contributed by atoms with Gasteiger partial charge in [0.05, 0.1) is 22.6 Å². The van der Waals surface area contributed by atoms with E-state index in [1.807, 2.05) is 27.9 Å². The van der Waals surface area contributed by atoms with Gasteiger partial charge in [0.2, 0.25) is 0 Å². The maximum Gasteiger partial charge on any atom is 0.415 e. The van der Waals surface area contributed by atoms with Crippen LogP contribution < -0.4 is 4.90 Å². The number of carbonyl (C=O) groups is 1. The molecule has 2 aromatic heterocycles. The lowest BCUT2D eigenvalue weighted by Crippen LogP contribution is -2.61. The Balaban J connectivity index is 1.43. The van der Waals surface area contributed by atoms with Crippen LogP contribution in [0.3, 0.4) is 0 Å². The van der Waals surface area contributed by atoms with Gasteiger partial charge in [-0.15, -0.1) is 22.7 Å². The van der Waals surface area contributed by atoms with Crippen LogP contribution in [-0.4, -0.2) is 47.8 Å². The van der Waals surface area contributed by atoms with Crippen molar-refractivity contribution >= 4 is 33.8 Å². The highest BCUT2D eigenvalue weighted by Gasteiger charge is 2.55. The molecule has 0 N–H and O–H groups in total. The summed E-state index contributed by atoms with van der Waals surface area (Å²) in [5, 5.41) is 3.00. The van der Waals surface area contributed by atoms with Crippen molar-refractivity contribution in [2.45, 2.75) is 18.4 Å². The van der Waals surface area contributed by atoms with E-state index in [9.17, 15) is 4.79 Å². The van der Waals surface area contributed by atoms with E-state index < -0.39 is 0 Å². The fraction of sp³-hybridized carbons (Fsp3) is 0.500. The fourth-order valence-electron chi connectivity index (χ4n) is 4.13. The summed E-state index contributed by atoms with van der Waals surface area (Å²) in [6, 6.07) is 4.06. The van der Waals surface area contributed by atoms with E-state index in [0.29, 0.717) is 12.5 Å². The highest BCUT2D eigenvalue weighted by atomic mass is 32.1. The van der Waals surface area contributed by atoms with Crippen LogP contribution in [0.5, 0.6) is 0 Å². The number of hydrogen-bond donors (Lipinski definition) is 0. The SMILES string of the molecule is O=C1O[C@@]2(CN3CCC2CC3)CN1c1ccc(-c2cscn2)s1. The van der Waals surface area contributed by atoms with Crippen molar-refractivity contribution in [3.05, 3.63) is 23.0 Å². The zero-order valence-corrected chi connectivity index (χ0v) is 14.2. The Morgan fingerprint density at radius 2 is 2.13 bits per heavy atom. The monoisotopic (exact) mass is 347 g/mol. The molecule has 6 heterocycles. The lowest BCUT2D eigenvalue weighted by molar-refractivity contribution is -0.0881. The van der Waals surface area contributed by atoms with Gasteiger partial charge >= 0.3 is 6.09 Å². The zero-order chi connectivity index (χ0) is 15.4. The van der Waals surface area contributed by atoms with Crippen LogP contribution in [0.25, 0.3) is 10.6 Å². The van der Waals surface area contributed by atoms with Crippen LogP contribution >= 0.6 is 22.7 Å². The van der Waals surface area contributed by atoms with Crippen LogP contribution in [0.4, 0.5) is 9.80 Å². The van der Waals surface area contributed by atoms with Crippen LogP contribution in [0, 0.1) is 5.92 Å². The Labute approximate surface area is 142 Å². The van der Waals surface area contributed by atoms with Crippen molar-refractivity contribution < 1.29 is 9.53 Å². The molecule has 1 spiro atoms. The van der Waals surface area contributed by atoms with Gasteiger partial charge in [0, 0.05) is 17.8 Å². The van der Waals surface area contributed by atoms with Crippen LogP contribution in [-0.2, 0) is 4.74 Å². The molecule has 4 aliphatic heterocycles.